The van der Waals surface area contributed by atoms with E-state index in [-0.39, 0.29) is 11.6 Å². The summed E-state index contributed by atoms with van der Waals surface area (Å²) < 4.78 is 5.38. The van der Waals surface area contributed by atoms with E-state index in [2.05, 4.69) is 32.1 Å². The molecule has 0 aromatic rings. The molecule has 0 heterocycles. The van der Waals surface area contributed by atoms with Crippen molar-refractivity contribution in [3.05, 3.63) is 0 Å². The maximum atomic E-state index is 5.83. The van der Waals surface area contributed by atoms with Gasteiger partial charge in [-0.15, -0.1) is 0 Å². The van der Waals surface area contributed by atoms with Crippen LogP contribution in [-0.2, 0) is 4.74 Å². The van der Waals surface area contributed by atoms with Crippen molar-refractivity contribution in [1.29, 1.82) is 0 Å². The molecule has 0 aliphatic heterocycles. The summed E-state index contributed by atoms with van der Waals surface area (Å²) in [6, 6.07) is 0. The van der Waals surface area contributed by atoms with Gasteiger partial charge >= 0.3 is 0 Å². The van der Waals surface area contributed by atoms with E-state index in [9.17, 15) is 0 Å². The minimum Gasteiger partial charge on any atom is -0.380 e. The normalized spacial score (nSPS) is 18.2. The van der Waals surface area contributed by atoms with E-state index >= 15 is 0 Å². The van der Waals surface area contributed by atoms with Crippen molar-refractivity contribution in [3.8, 4) is 0 Å². The molecule has 0 rings (SSSR count). The first-order valence-electron chi connectivity index (χ1n) is 4.96. The molecule has 14 heavy (non-hydrogen) atoms. The summed E-state index contributed by atoms with van der Waals surface area (Å²) in [5.41, 5.74) is 5.76. The summed E-state index contributed by atoms with van der Waals surface area (Å²) >= 11 is 1.85. The van der Waals surface area contributed by atoms with Crippen LogP contribution in [0.5, 0.6) is 0 Å². The maximum absolute atomic E-state index is 5.83. The molecule has 0 spiro atoms. The SMILES string of the molecule is COC(C)C(C)(CN)N(C)CCSC. The highest BCUT2D eigenvalue weighted by molar-refractivity contribution is 7.98. The van der Waals surface area contributed by atoms with Gasteiger partial charge in [-0.1, -0.05) is 0 Å². The topological polar surface area (TPSA) is 38.5 Å². The van der Waals surface area contributed by atoms with Gasteiger partial charge in [-0.2, -0.15) is 11.8 Å². The lowest BCUT2D eigenvalue weighted by atomic mass is 9.94. The van der Waals surface area contributed by atoms with E-state index in [1.54, 1.807) is 7.11 Å². The summed E-state index contributed by atoms with van der Waals surface area (Å²) in [5, 5.41) is 0. The summed E-state index contributed by atoms with van der Waals surface area (Å²) in [6.45, 7) is 5.89. The minimum atomic E-state index is -0.0650. The number of hydrogen-bond donors (Lipinski definition) is 1. The number of hydrogen-bond acceptors (Lipinski definition) is 4. The smallest absolute Gasteiger partial charge is 0.0736 e. The Morgan fingerprint density at radius 3 is 2.50 bits per heavy atom. The monoisotopic (exact) mass is 220 g/mol. The van der Waals surface area contributed by atoms with E-state index in [0.717, 1.165) is 12.3 Å². The van der Waals surface area contributed by atoms with Crippen molar-refractivity contribution < 1.29 is 4.74 Å². The Bertz CT molecular complexity index is 157. The molecule has 0 bridgehead atoms. The predicted molar refractivity (Wildman–Crippen MR) is 64.9 cm³/mol. The molecule has 0 amide bonds. The molecule has 0 aromatic heterocycles. The number of thioether (sulfide) groups is 1. The van der Waals surface area contributed by atoms with Gasteiger partial charge in [0, 0.05) is 26.0 Å². The zero-order chi connectivity index (χ0) is 11.2. The molecular weight excluding hydrogens is 196 g/mol. The van der Waals surface area contributed by atoms with Crippen LogP contribution in [0, 0.1) is 0 Å². The second-order valence-electron chi connectivity index (χ2n) is 3.85. The Morgan fingerprint density at radius 1 is 1.57 bits per heavy atom. The van der Waals surface area contributed by atoms with Crippen molar-refractivity contribution in [2.24, 2.45) is 5.73 Å². The number of likely N-dealkylation sites (N-methyl/N-ethyl adjacent to an activating group) is 1. The third-order valence-electron chi connectivity index (χ3n) is 3.15. The molecule has 0 fully saturated rings. The molecule has 2 atom stereocenters. The minimum absolute atomic E-state index is 0.0650. The van der Waals surface area contributed by atoms with E-state index < -0.39 is 0 Å². The van der Waals surface area contributed by atoms with Gasteiger partial charge in [0.2, 0.25) is 0 Å². The first-order valence-corrected chi connectivity index (χ1v) is 6.35. The first-order chi connectivity index (χ1) is 6.52. The average molecular weight is 220 g/mol. The zero-order valence-electron chi connectivity index (χ0n) is 10.0. The Balaban J connectivity index is 4.34. The Morgan fingerprint density at radius 2 is 2.14 bits per heavy atom. The fourth-order valence-corrected chi connectivity index (χ4v) is 1.83. The molecule has 0 radical (unpaired) electrons. The number of nitrogens with zero attached hydrogens (tertiary/aromatic N) is 1. The second kappa shape index (κ2) is 6.67. The van der Waals surface area contributed by atoms with Gasteiger partial charge in [0.1, 0.15) is 0 Å². The number of ether oxygens (including phenoxy) is 1. The van der Waals surface area contributed by atoms with Crippen LogP contribution in [0.25, 0.3) is 0 Å². The molecule has 86 valence electrons. The molecule has 4 heteroatoms. The third kappa shape index (κ3) is 3.42. The summed E-state index contributed by atoms with van der Waals surface area (Å²) in [7, 11) is 3.85. The lowest BCUT2D eigenvalue weighted by Crippen LogP contribution is -2.57. The van der Waals surface area contributed by atoms with Crippen molar-refractivity contribution in [3.63, 3.8) is 0 Å². The van der Waals surface area contributed by atoms with Crippen LogP contribution in [0.15, 0.2) is 0 Å². The van der Waals surface area contributed by atoms with E-state index in [1.165, 1.54) is 0 Å². The molecule has 0 aliphatic carbocycles. The van der Waals surface area contributed by atoms with Crippen LogP contribution in [0.1, 0.15) is 13.8 Å². The molecule has 0 aliphatic rings. The van der Waals surface area contributed by atoms with Crippen molar-refractivity contribution >= 4 is 11.8 Å². The number of nitrogens with two attached hydrogens (primary N) is 1. The second-order valence-corrected chi connectivity index (χ2v) is 4.84. The van der Waals surface area contributed by atoms with Gasteiger partial charge in [0.05, 0.1) is 11.6 Å². The molecule has 3 nitrogen and oxygen atoms in total. The van der Waals surface area contributed by atoms with Gasteiger partial charge in [0.15, 0.2) is 0 Å². The average Bonchev–Trinajstić information content (AvgIpc) is 2.23. The van der Waals surface area contributed by atoms with Crippen molar-refractivity contribution in [2.45, 2.75) is 25.5 Å². The highest BCUT2D eigenvalue weighted by Crippen LogP contribution is 2.19. The summed E-state index contributed by atoms with van der Waals surface area (Å²) in [6.07, 6.45) is 2.27. The Kier molecular flexibility index (Phi) is 6.78. The fourth-order valence-electron chi connectivity index (χ4n) is 1.37. The summed E-state index contributed by atoms with van der Waals surface area (Å²) in [4.78, 5) is 2.29. The van der Waals surface area contributed by atoms with Crippen LogP contribution < -0.4 is 5.73 Å². The van der Waals surface area contributed by atoms with Crippen molar-refractivity contribution in [1.82, 2.24) is 4.90 Å². The Hall–Kier alpha value is 0.230. The van der Waals surface area contributed by atoms with E-state index in [0.29, 0.717) is 6.54 Å². The van der Waals surface area contributed by atoms with Crippen LogP contribution in [-0.4, -0.2) is 55.8 Å². The summed E-state index contributed by atoms with van der Waals surface area (Å²) in [5.74, 6) is 1.13. The molecule has 0 aromatic carbocycles. The molecule has 0 saturated heterocycles. The van der Waals surface area contributed by atoms with Gasteiger partial charge < -0.3 is 10.5 Å². The van der Waals surface area contributed by atoms with E-state index in [4.69, 9.17) is 10.5 Å². The molecule has 0 saturated carbocycles. The van der Waals surface area contributed by atoms with E-state index in [1.807, 2.05) is 11.8 Å². The van der Waals surface area contributed by atoms with Gasteiger partial charge in [0.25, 0.3) is 0 Å². The predicted octanol–water partition coefficient (Wildman–Crippen LogP) is 1.03. The highest BCUT2D eigenvalue weighted by Gasteiger charge is 2.33. The third-order valence-corrected chi connectivity index (χ3v) is 3.74. The van der Waals surface area contributed by atoms with Gasteiger partial charge in [-0.3, -0.25) is 4.90 Å². The van der Waals surface area contributed by atoms with Crippen molar-refractivity contribution in [2.75, 3.05) is 39.3 Å². The lowest BCUT2D eigenvalue weighted by Gasteiger charge is -2.41. The molecular formula is C10H24N2OS. The largest absolute Gasteiger partial charge is 0.380 e. The number of methoxy groups -OCH3 is 1. The molecule has 2 unspecified atom stereocenters. The zero-order valence-corrected chi connectivity index (χ0v) is 10.9. The highest BCUT2D eigenvalue weighted by atomic mass is 32.2. The molecule has 2 N–H and O–H groups in total. The lowest BCUT2D eigenvalue weighted by molar-refractivity contribution is -0.0168. The first kappa shape index (κ1) is 14.2. The van der Waals surface area contributed by atoms with Gasteiger partial charge in [-0.05, 0) is 27.2 Å². The maximum Gasteiger partial charge on any atom is 0.0736 e. The van der Waals surface area contributed by atoms with Crippen LogP contribution in [0.3, 0.4) is 0 Å². The van der Waals surface area contributed by atoms with Crippen LogP contribution >= 0.6 is 11.8 Å². The van der Waals surface area contributed by atoms with Crippen LogP contribution in [0.4, 0.5) is 0 Å². The standard InChI is InChI=1S/C10H24N2OS/c1-9(13-4)10(2,8-11)12(3)6-7-14-5/h9H,6-8,11H2,1-5H3. The van der Waals surface area contributed by atoms with Crippen LogP contribution in [0.2, 0.25) is 0 Å². The number of rotatable bonds is 7. The Labute approximate surface area is 92.4 Å². The quantitative estimate of drug-likeness (QED) is 0.695. The van der Waals surface area contributed by atoms with Gasteiger partial charge in [-0.25, -0.2) is 0 Å². The fraction of sp³-hybridized carbons (Fsp3) is 1.00.